The Hall–Kier alpha value is -3.93. The van der Waals surface area contributed by atoms with E-state index in [1.165, 1.54) is 141 Å². The molecule has 73 heavy (non-hydrogen) atoms. The molecule has 0 saturated carbocycles. The fourth-order valence-corrected chi connectivity index (χ4v) is 8.24. The molecule has 0 rings (SSSR count). The summed E-state index contributed by atoms with van der Waals surface area (Å²) in [5.74, 6) is -1.04. The molecule has 0 bridgehead atoms. The Bertz CT molecular complexity index is 1490. The van der Waals surface area contributed by atoms with E-state index in [1.54, 1.807) is 0 Å². The van der Waals surface area contributed by atoms with Crippen molar-refractivity contribution in [2.24, 2.45) is 0 Å². The predicted octanol–water partition coefficient (Wildman–Crippen LogP) is 20.7. The van der Waals surface area contributed by atoms with Gasteiger partial charge in [0.25, 0.3) is 0 Å². The van der Waals surface area contributed by atoms with E-state index >= 15 is 0 Å². The highest BCUT2D eigenvalue weighted by atomic mass is 16.6. The van der Waals surface area contributed by atoms with E-state index in [9.17, 15) is 14.4 Å². The minimum absolute atomic E-state index is 0.117. The van der Waals surface area contributed by atoms with Crippen molar-refractivity contribution in [1.29, 1.82) is 0 Å². The standard InChI is InChI=1S/C67H112O6/c1-4-7-10-13-16-19-22-25-28-30-32-33-35-37-40-42-45-48-51-54-57-60-66(69)72-63-64(73-67(70)61-58-55-52-49-46-43-38-27-24-21-18-15-12-9-6-3)62-71-65(68)59-56-53-50-47-44-41-39-36-34-31-29-26-23-20-17-14-11-8-5-2/h9,12,17-18,20-21,26-27,29,34,36,38,41,44,46,49-50,53,64H,4-8,10-11,13-16,19,22-25,28,30-33,35,37,39-40,42-43,45,47-48,51-52,54-63H2,1-3H3/b12-9-,20-17-,21-18-,29-26-,36-34-,38-27-,44-41-,49-46-,53-50-/t64-/m1/s1. The molecule has 6 nitrogen and oxygen atoms in total. The molecule has 0 aliphatic carbocycles. The number of hydrogen-bond acceptors (Lipinski definition) is 6. The Balaban J connectivity index is 4.49. The molecular formula is C67H112O6. The minimum Gasteiger partial charge on any atom is -0.462 e. The van der Waals surface area contributed by atoms with Gasteiger partial charge in [-0.05, 0) is 96.3 Å². The van der Waals surface area contributed by atoms with Gasteiger partial charge in [-0.25, -0.2) is 0 Å². The number of rotatable bonds is 54. The molecule has 0 unspecified atom stereocenters. The van der Waals surface area contributed by atoms with Gasteiger partial charge in [-0.1, -0.05) is 271 Å². The zero-order chi connectivity index (χ0) is 52.9. The number of allylic oxidation sites excluding steroid dienone is 18. The van der Waals surface area contributed by atoms with E-state index < -0.39 is 6.10 Å². The lowest BCUT2D eigenvalue weighted by Crippen LogP contribution is -2.30. The number of unbranched alkanes of at least 4 members (excludes halogenated alkanes) is 25. The van der Waals surface area contributed by atoms with Gasteiger partial charge in [0, 0.05) is 19.3 Å². The first-order valence-electron chi connectivity index (χ1n) is 30.4. The molecule has 0 spiro atoms. The summed E-state index contributed by atoms with van der Waals surface area (Å²) in [5, 5.41) is 0. The molecule has 0 aliphatic heterocycles. The monoisotopic (exact) mass is 1010 g/mol. The number of hydrogen-bond donors (Lipinski definition) is 0. The lowest BCUT2D eigenvalue weighted by atomic mass is 10.0. The third kappa shape index (κ3) is 58.8. The minimum atomic E-state index is -0.831. The maximum Gasteiger partial charge on any atom is 0.306 e. The topological polar surface area (TPSA) is 78.9 Å². The highest BCUT2D eigenvalue weighted by molar-refractivity contribution is 5.71. The van der Waals surface area contributed by atoms with Crippen LogP contribution in [-0.2, 0) is 28.6 Å². The summed E-state index contributed by atoms with van der Waals surface area (Å²) in [6.07, 6.45) is 82.5. The second-order valence-electron chi connectivity index (χ2n) is 19.9. The second kappa shape index (κ2) is 60.6. The zero-order valence-electron chi connectivity index (χ0n) is 47.6. The Morgan fingerprint density at radius 1 is 0.288 bits per heavy atom. The molecule has 0 amide bonds. The van der Waals surface area contributed by atoms with Crippen LogP contribution in [0.2, 0.25) is 0 Å². The van der Waals surface area contributed by atoms with Crippen molar-refractivity contribution in [1.82, 2.24) is 0 Å². The maximum absolute atomic E-state index is 12.8. The molecule has 0 aromatic heterocycles. The van der Waals surface area contributed by atoms with Crippen molar-refractivity contribution in [3.63, 3.8) is 0 Å². The van der Waals surface area contributed by atoms with Gasteiger partial charge >= 0.3 is 17.9 Å². The Morgan fingerprint density at radius 2 is 0.562 bits per heavy atom. The normalized spacial score (nSPS) is 12.9. The summed E-state index contributed by atoms with van der Waals surface area (Å²) in [6, 6.07) is 0. The Kier molecular flexibility index (Phi) is 57.4. The van der Waals surface area contributed by atoms with Crippen LogP contribution in [-0.4, -0.2) is 37.2 Å². The summed E-state index contributed by atoms with van der Waals surface area (Å²) in [6.45, 7) is 6.42. The van der Waals surface area contributed by atoms with E-state index in [4.69, 9.17) is 14.2 Å². The van der Waals surface area contributed by atoms with E-state index in [0.717, 1.165) is 83.5 Å². The maximum atomic E-state index is 12.8. The van der Waals surface area contributed by atoms with E-state index in [2.05, 4.69) is 124 Å². The zero-order valence-corrected chi connectivity index (χ0v) is 47.6. The van der Waals surface area contributed by atoms with Crippen LogP contribution in [0.1, 0.15) is 278 Å². The van der Waals surface area contributed by atoms with E-state index in [1.807, 2.05) is 6.08 Å². The number of carbonyl (C=O) groups is 3. The van der Waals surface area contributed by atoms with Crippen LogP contribution < -0.4 is 0 Å². The van der Waals surface area contributed by atoms with Gasteiger partial charge in [-0.15, -0.1) is 0 Å². The summed E-state index contributed by atoms with van der Waals surface area (Å²) >= 11 is 0. The second-order valence-corrected chi connectivity index (χ2v) is 19.9. The van der Waals surface area contributed by atoms with Crippen LogP contribution in [0, 0.1) is 0 Å². The summed E-state index contributed by atoms with van der Waals surface area (Å²) in [5.41, 5.74) is 0. The van der Waals surface area contributed by atoms with Crippen LogP contribution in [0.25, 0.3) is 0 Å². The third-order valence-corrected chi connectivity index (χ3v) is 12.8. The van der Waals surface area contributed by atoms with Gasteiger partial charge in [-0.3, -0.25) is 14.4 Å². The third-order valence-electron chi connectivity index (χ3n) is 12.8. The molecule has 1 atom stereocenters. The summed E-state index contributed by atoms with van der Waals surface area (Å²) in [7, 11) is 0. The van der Waals surface area contributed by atoms with Gasteiger partial charge in [0.15, 0.2) is 6.10 Å². The molecule has 6 heteroatoms. The van der Waals surface area contributed by atoms with Gasteiger partial charge in [0.2, 0.25) is 0 Å². The lowest BCUT2D eigenvalue weighted by Gasteiger charge is -2.18. The molecule has 0 aromatic carbocycles. The molecular weight excluding hydrogens is 901 g/mol. The van der Waals surface area contributed by atoms with E-state index in [0.29, 0.717) is 19.3 Å². The molecule has 0 fully saturated rings. The van der Waals surface area contributed by atoms with Crippen LogP contribution in [0.4, 0.5) is 0 Å². The van der Waals surface area contributed by atoms with Gasteiger partial charge in [-0.2, -0.15) is 0 Å². The molecule has 0 saturated heterocycles. The molecule has 0 aromatic rings. The SMILES string of the molecule is CC/C=C\C/C=C\C/C=C\C/C=C\CCCCC(=O)O[C@H](COC(=O)CC/C=C\C/C=C\C/C=C\C/C=C\C/C=C\CCCCC)COC(=O)CCCCCCCCCCCCCCCCCCCCCCC. The molecule has 416 valence electrons. The van der Waals surface area contributed by atoms with Crippen molar-refractivity contribution in [3.8, 4) is 0 Å². The highest BCUT2D eigenvalue weighted by Crippen LogP contribution is 2.16. The molecule has 0 heterocycles. The largest absolute Gasteiger partial charge is 0.462 e. The first-order valence-corrected chi connectivity index (χ1v) is 30.4. The highest BCUT2D eigenvalue weighted by Gasteiger charge is 2.19. The summed E-state index contributed by atoms with van der Waals surface area (Å²) < 4.78 is 16.8. The number of carbonyl (C=O) groups excluding carboxylic acids is 3. The number of ether oxygens (including phenoxy) is 3. The smallest absolute Gasteiger partial charge is 0.306 e. The van der Waals surface area contributed by atoms with Crippen LogP contribution in [0.15, 0.2) is 109 Å². The van der Waals surface area contributed by atoms with Gasteiger partial charge < -0.3 is 14.2 Å². The average Bonchev–Trinajstić information content (AvgIpc) is 3.39. The first kappa shape index (κ1) is 69.1. The summed E-state index contributed by atoms with van der Waals surface area (Å²) in [4.78, 5) is 38.2. The molecule has 0 aliphatic rings. The fourth-order valence-electron chi connectivity index (χ4n) is 8.24. The molecule has 0 radical (unpaired) electrons. The average molecular weight is 1010 g/mol. The van der Waals surface area contributed by atoms with Crippen molar-refractivity contribution in [3.05, 3.63) is 109 Å². The lowest BCUT2D eigenvalue weighted by molar-refractivity contribution is -0.166. The fraction of sp³-hybridized carbons (Fsp3) is 0.687. The van der Waals surface area contributed by atoms with Crippen LogP contribution in [0.5, 0.6) is 0 Å². The predicted molar refractivity (Wildman–Crippen MR) is 316 cm³/mol. The van der Waals surface area contributed by atoms with Crippen LogP contribution in [0.3, 0.4) is 0 Å². The van der Waals surface area contributed by atoms with Crippen molar-refractivity contribution in [2.45, 2.75) is 284 Å². The van der Waals surface area contributed by atoms with Crippen molar-refractivity contribution in [2.75, 3.05) is 13.2 Å². The first-order chi connectivity index (χ1) is 36.0. The Labute approximate surface area is 450 Å². The van der Waals surface area contributed by atoms with Crippen molar-refractivity contribution >= 4 is 17.9 Å². The van der Waals surface area contributed by atoms with Crippen LogP contribution >= 0.6 is 0 Å². The van der Waals surface area contributed by atoms with Gasteiger partial charge in [0.05, 0.1) is 0 Å². The van der Waals surface area contributed by atoms with Gasteiger partial charge in [0.1, 0.15) is 13.2 Å². The van der Waals surface area contributed by atoms with E-state index in [-0.39, 0.29) is 44.0 Å². The molecule has 0 N–H and O–H groups in total. The number of esters is 3. The Morgan fingerprint density at radius 3 is 0.945 bits per heavy atom. The van der Waals surface area contributed by atoms with Crippen molar-refractivity contribution < 1.29 is 28.6 Å². The quantitative estimate of drug-likeness (QED) is 0.0261.